The van der Waals surface area contributed by atoms with E-state index in [2.05, 4.69) is 16.7 Å². The monoisotopic (exact) mass is 510 g/mol. The lowest BCUT2D eigenvalue weighted by Gasteiger charge is -2.36. The van der Waals surface area contributed by atoms with Crippen LogP contribution in [0.4, 0.5) is 11.4 Å². The normalized spacial score (nSPS) is 14.2. The highest BCUT2D eigenvalue weighted by atomic mass is 32.1. The van der Waals surface area contributed by atoms with Crippen molar-refractivity contribution in [2.24, 2.45) is 0 Å². The van der Waals surface area contributed by atoms with Gasteiger partial charge in [-0.25, -0.2) is 4.79 Å². The van der Waals surface area contributed by atoms with E-state index < -0.39 is 11.6 Å². The zero-order valence-electron chi connectivity index (χ0n) is 20.0. The number of phenolic OH excluding ortho intramolecular Hbond substituents is 2. The number of carbonyl (C=O) groups excluding carboxylic acids is 1. The Morgan fingerprint density at radius 2 is 1.32 bits per heavy atom. The lowest BCUT2D eigenvalue weighted by atomic mass is 9.77. The summed E-state index contributed by atoms with van der Waals surface area (Å²) in [6, 6.07) is 20.8. The van der Waals surface area contributed by atoms with Gasteiger partial charge in [-0.05, 0) is 85.7 Å². The number of carbonyl (C=O) groups is 1. The molecule has 2 heterocycles. The van der Waals surface area contributed by atoms with Crippen LogP contribution in [0.5, 0.6) is 23.0 Å². The molecule has 1 spiro atoms. The molecule has 0 saturated heterocycles. The van der Waals surface area contributed by atoms with Crippen LogP contribution in [0.2, 0.25) is 0 Å². The average Bonchev–Trinajstić information content (AvgIpc) is 3.10. The third-order valence-corrected chi connectivity index (χ3v) is 6.72. The first-order valence-corrected chi connectivity index (χ1v) is 12.0. The number of fused-ring (bicyclic) bond motifs is 6. The summed E-state index contributed by atoms with van der Waals surface area (Å²) in [5.41, 5.74) is 4.58. The lowest BCUT2D eigenvalue weighted by molar-refractivity contribution is 0.0224. The minimum atomic E-state index is -1.30. The van der Waals surface area contributed by atoms with Gasteiger partial charge in [0, 0.05) is 40.2 Å². The maximum atomic E-state index is 13.3. The Labute approximate surface area is 218 Å². The maximum absolute atomic E-state index is 13.3. The Balaban J connectivity index is 1.40. The van der Waals surface area contributed by atoms with Crippen LogP contribution in [-0.4, -0.2) is 21.3 Å². The number of thiocarbonyl (C=S) groups is 1. The molecule has 0 aliphatic carbocycles. The molecule has 2 aliphatic rings. The van der Waals surface area contributed by atoms with Crippen molar-refractivity contribution in [1.82, 2.24) is 0 Å². The summed E-state index contributed by atoms with van der Waals surface area (Å²) >= 11 is 5.51. The van der Waals surface area contributed by atoms with Gasteiger partial charge >= 0.3 is 5.97 Å². The number of hydrogen-bond donors (Lipinski definition) is 4. The Morgan fingerprint density at radius 1 is 0.757 bits per heavy atom. The largest absolute Gasteiger partial charge is 0.508 e. The van der Waals surface area contributed by atoms with Crippen LogP contribution in [-0.2, 0) is 10.3 Å². The topological polar surface area (TPSA) is 100 Å². The van der Waals surface area contributed by atoms with Crippen LogP contribution in [0.3, 0.4) is 0 Å². The second-order valence-electron chi connectivity index (χ2n) is 9.25. The van der Waals surface area contributed by atoms with Crippen LogP contribution in [0.25, 0.3) is 0 Å². The molecule has 7 nitrogen and oxygen atoms in total. The van der Waals surface area contributed by atoms with Crippen LogP contribution in [0.1, 0.15) is 38.2 Å². The second kappa shape index (κ2) is 8.25. The summed E-state index contributed by atoms with van der Waals surface area (Å²) in [5.74, 6) is 0.171. The number of aromatic hydroxyl groups is 2. The van der Waals surface area contributed by atoms with E-state index in [-0.39, 0.29) is 11.5 Å². The SMILES string of the molecule is Cc1cc(C)cc(NC(=S)Nc2ccc3c(c2)C(=O)OC32c3ccc(O)cc3Oc3cc(O)ccc32)c1. The first-order chi connectivity index (χ1) is 17.7. The van der Waals surface area contributed by atoms with Crippen molar-refractivity contribution in [3.05, 3.63) is 106 Å². The molecule has 0 saturated carbocycles. The third-order valence-electron chi connectivity index (χ3n) is 6.51. The number of esters is 1. The zero-order chi connectivity index (χ0) is 25.9. The molecule has 0 fully saturated rings. The minimum Gasteiger partial charge on any atom is -0.508 e. The van der Waals surface area contributed by atoms with Gasteiger partial charge in [0.1, 0.15) is 23.0 Å². The van der Waals surface area contributed by atoms with Crippen molar-refractivity contribution in [2.45, 2.75) is 19.4 Å². The van der Waals surface area contributed by atoms with Gasteiger partial charge in [-0.1, -0.05) is 12.1 Å². The molecular formula is C29H22N2O5S. The van der Waals surface area contributed by atoms with Gasteiger partial charge in [-0.15, -0.1) is 0 Å². The summed E-state index contributed by atoms with van der Waals surface area (Å²) in [6.07, 6.45) is 0. The highest BCUT2D eigenvalue weighted by Crippen LogP contribution is 2.57. The predicted octanol–water partition coefficient (Wildman–Crippen LogP) is 6.09. The fourth-order valence-corrected chi connectivity index (χ4v) is 5.36. The van der Waals surface area contributed by atoms with Crippen molar-refractivity contribution in [1.29, 1.82) is 0 Å². The number of aryl methyl sites for hydroxylation is 2. The molecule has 4 aromatic carbocycles. The summed E-state index contributed by atoms with van der Waals surface area (Å²) in [5, 5.41) is 26.8. The molecule has 184 valence electrons. The van der Waals surface area contributed by atoms with Gasteiger partial charge in [-0.3, -0.25) is 0 Å². The molecule has 0 aromatic heterocycles. The smallest absolute Gasteiger partial charge is 0.340 e. The fraction of sp³-hybridized carbons (Fsp3) is 0.103. The number of benzene rings is 4. The molecule has 0 amide bonds. The number of rotatable bonds is 2. The standard InChI is InChI=1S/C29H22N2O5S/c1-15-9-16(2)11-18(10-15)31-28(37)30-17-3-6-22-21(12-17)27(34)36-29(22)23-7-4-19(32)13-25(23)35-26-14-20(33)5-8-24(26)29/h3-14,32-33H,1-2H3,(H2,30,31,37). The number of anilines is 2. The summed E-state index contributed by atoms with van der Waals surface area (Å²) in [4.78, 5) is 13.3. The zero-order valence-corrected chi connectivity index (χ0v) is 20.8. The van der Waals surface area contributed by atoms with Crippen LogP contribution in [0, 0.1) is 13.8 Å². The molecule has 0 unspecified atom stereocenters. The maximum Gasteiger partial charge on any atom is 0.340 e. The molecule has 37 heavy (non-hydrogen) atoms. The first kappa shape index (κ1) is 22.9. The first-order valence-electron chi connectivity index (χ1n) is 11.6. The van der Waals surface area contributed by atoms with Crippen LogP contribution < -0.4 is 15.4 Å². The van der Waals surface area contributed by atoms with E-state index in [1.165, 1.54) is 24.3 Å². The summed E-state index contributed by atoms with van der Waals surface area (Å²) < 4.78 is 12.1. The summed E-state index contributed by atoms with van der Waals surface area (Å²) in [7, 11) is 0. The van der Waals surface area contributed by atoms with Gasteiger partial charge < -0.3 is 30.3 Å². The van der Waals surface area contributed by atoms with Crippen molar-refractivity contribution >= 4 is 34.7 Å². The molecule has 0 radical (unpaired) electrons. The average molecular weight is 511 g/mol. The van der Waals surface area contributed by atoms with Crippen LogP contribution >= 0.6 is 12.2 Å². The van der Waals surface area contributed by atoms with Crippen molar-refractivity contribution < 1.29 is 24.5 Å². The van der Waals surface area contributed by atoms with Crippen molar-refractivity contribution in [3.8, 4) is 23.0 Å². The summed E-state index contributed by atoms with van der Waals surface area (Å²) in [6.45, 7) is 4.04. The number of phenols is 2. The van der Waals surface area contributed by atoms with Crippen LogP contribution in [0.15, 0.2) is 72.8 Å². The van der Waals surface area contributed by atoms with E-state index in [1.807, 2.05) is 38.1 Å². The van der Waals surface area contributed by atoms with E-state index in [0.717, 1.165) is 16.8 Å². The third kappa shape index (κ3) is 3.73. The number of ether oxygens (including phenoxy) is 2. The van der Waals surface area contributed by atoms with E-state index in [0.29, 0.717) is 44.6 Å². The number of nitrogens with one attached hydrogen (secondary N) is 2. The Hall–Kier alpha value is -4.56. The van der Waals surface area contributed by atoms with E-state index in [4.69, 9.17) is 21.7 Å². The fourth-order valence-electron chi connectivity index (χ4n) is 5.12. The molecule has 0 bridgehead atoms. The quantitative estimate of drug-likeness (QED) is 0.190. The van der Waals surface area contributed by atoms with Crippen molar-refractivity contribution in [3.63, 3.8) is 0 Å². The number of hydrogen-bond acceptors (Lipinski definition) is 6. The minimum absolute atomic E-state index is 0.00594. The van der Waals surface area contributed by atoms with Gasteiger partial charge in [0.05, 0.1) is 5.56 Å². The van der Waals surface area contributed by atoms with Gasteiger partial charge in [0.15, 0.2) is 10.7 Å². The Morgan fingerprint density at radius 3 is 1.95 bits per heavy atom. The molecule has 0 atom stereocenters. The van der Waals surface area contributed by atoms with E-state index in [9.17, 15) is 15.0 Å². The van der Waals surface area contributed by atoms with Crippen molar-refractivity contribution in [2.75, 3.05) is 10.6 Å². The van der Waals surface area contributed by atoms with Gasteiger partial charge in [-0.2, -0.15) is 0 Å². The van der Waals surface area contributed by atoms with Gasteiger partial charge in [0.25, 0.3) is 0 Å². The highest BCUT2D eigenvalue weighted by molar-refractivity contribution is 7.80. The second-order valence-corrected chi connectivity index (χ2v) is 9.66. The molecule has 4 N–H and O–H groups in total. The highest BCUT2D eigenvalue weighted by Gasteiger charge is 2.53. The van der Waals surface area contributed by atoms with Gasteiger partial charge in [0.2, 0.25) is 0 Å². The van der Waals surface area contributed by atoms with E-state index in [1.54, 1.807) is 18.2 Å². The lowest BCUT2D eigenvalue weighted by Crippen LogP contribution is -2.32. The molecule has 4 aromatic rings. The molecule has 6 rings (SSSR count). The molecule has 2 aliphatic heterocycles. The molecular weight excluding hydrogens is 488 g/mol. The Kier molecular flexibility index (Phi) is 5.10. The molecule has 8 heteroatoms. The van der Waals surface area contributed by atoms with E-state index >= 15 is 0 Å². The Bertz CT molecular complexity index is 1560. The predicted molar refractivity (Wildman–Crippen MR) is 144 cm³/mol.